The van der Waals surface area contributed by atoms with Gasteiger partial charge in [-0.15, -0.1) is 6.42 Å². The van der Waals surface area contributed by atoms with Crippen LogP contribution in [0.3, 0.4) is 0 Å². The first kappa shape index (κ1) is 48.0. The van der Waals surface area contributed by atoms with Crippen molar-refractivity contribution in [3.63, 3.8) is 0 Å². The molecule has 2 nitrogen and oxygen atoms in total. The van der Waals surface area contributed by atoms with E-state index in [9.17, 15) is 0 Å². The van der Waals surface area contributed by atoms with Crippen molar-refractivity contribution in [2.75, 3.05) is 13.2 Å². The highest BCUT2D eigenvalue weighted by Crippen LogP contribution is 2.25. The minimum absolute atomic E-state index is 0.580. The van der Waals surface area contributed by atoms with Gasteiger partial charge in [-0.05, 0) is 61.6 Å². The van der Waals surface area contributed by atoms with E-state index in [1.807, 2.05) is 18.2 Å². The lowest BCUT2D eigenvalue weighted by molar-refractivity contribution is 0.195. The molecule has 0 aromatic heterocycles. The molecule has 0 spiro atoms. The van der Waals surface area contributed by atoms with Gasteiger partial charge in [0.05, 0.1) is 12.2 Å². The minimum atomic E-state index is 0.580. The van der Waals surface area contributed by atoms with Crippen LogP contribution in [0.2, 0.25) is 0 Å². The molecule has 2 unspecified atom stereocenters. The Bertz CT molecular complexity index is 1010. The van der Waals surface area contributed by atoms with Crippen molar-refractivity contribution < 1.29 is 9.47 Å². The van der Waals surface area contributed by atoms with Crippen LogP contribution < -0.4 is 4.74 Å². The smallest absolute Gasteiger partial charge is 0.136 e. The zero-order chi connectivity index (χ0) is 37.6. The predicted octanol–water partition coefficient (Wildman–Crippen LogP) is 16.2. The zero-order valence-corrected chi connectivity index (χ0v) is 35.3. The third-order valence-corrected chi connectivity index (χ3v) is 11.1. The second-order valence-electron chi connectivity index (χ2n) is 16.1. The SMILES string of the molecule is C#Cc1ccc(C#COCC(CCCCCCCC)CCCCCCCCCC)c(OCC(CCCCCCCC)CCCCCCCCCC)c1. The topological polar surface area (TPSA) is 18.5 Å². The van der Waals surface area contributed by atoms with Crippen LogP contribution in [0.25, 0.3) is 0 Å². The van der Waals surface area contributed by atoms with Gasteiger partial charge >= 0.3 is 0 Å². The van der Waals surface area contributed by atoms with E-state index in [1.54, 1.807) is 0 Å². The highest BCUT2D eigenvalue weighted by molar-refractivity contribution is 5.50. The number of hydrogen-bond donors (Lipinski definition) is 0. The lowest BCUT2D eigenvalue weighted by Crippen LogP contribution is -2.13. The second kappa shape index (κ2) is 37.3. The summed E-state index contributed by atoms with van der Waals surface area (Å²) < 4.78 is 12.7. The summed E-state index contributed by atoms with van der Waals surface area (Å²) in [6.07, 6.45) is 52.0. The standard InChI is InChI=1S/C50H86O2/c1-6-11-15-19-23-25-29-32-36-47(35-31-27-21-17-13-8-3)44-51-42-41-49-40-39-46(10-5)43-50(49)52-45-48(37-33-28-22-18-14-9-4)38-34-30-26-24-20-16-12-7-2/h5,39-40,43,47-48H,6-9,11-38,44-45H2,1-4H3. The molecule has 0 heterocycles. The summed E-state index contributed by atoms with van der Waals surface area (Å²) in [6, 6.07) is 6.01. The van der Waals surface area contributed by atoms with Crippen molar-refractivity contribution in [2.45, 2.75) is 233 Å². The van der Waals surface area contributed by atoms with Gasteiger partial charge in [-0.25, -0.2) is 0 Å². The highest BCUT2D eigenvalue weighted by Gasteiger charge is 2.13. The van der Waals surface area contributed by atoms with Gasteiger partial charge in [0.1, 0.15) is 18.5 Å². The number of unbranched alkanes of at least 4 members (excludes halogenated alkanes) is 24. The molecule has 0 aliphatic heterocycles. The maximum Gasteiger partial charge on any atom is 0.136 e. The molecule has 298 valence electrons. The van der Waals surface area contributed by atoms with Crippen molar-refractivity contribution in [1.82, 2.24) is 0 Å². The number of rotatable bonds is 37. The molecule has 0 saturated carbocycles. The van der Waals surface area contributed by atoms with Crippen LogP contribution in [0, 0.1) is 36.2 Å². The van der Waals surface area contributed by atoms with E-state index < -0.39 is 0 Å². The van der Waals surface area contributed by atoms with Gasteiger partial charge in [0.2, 0.25) is 0 Å². The molecule has 0 fully saturated rings. The molecule has 1 rings (SSSR count). The number of benzene rings is 1. The molecule has 0 aliphatic rings. The van der Waals surface area contributed by atoms with E-state index in [0.29, 0.717) is 11.8 Å². The maximum absolute atomic E-state index is 6.58. The number of terminal acetylenes is 1. The Morgan fingerprint density at radius 3 is 1.23 bits per heavy atom. The normalized spacial score (nSPS) is 12.2. The first-order valence-electron chi connectivity index (χ1n) is 23.0. The number of ether oxygens (including phenoxy) is 2. The van der Waals surface area contributed by atoms with E-state index in [2.05, 4.69) is 45.6 Å². The van der Waals surface area contributed by atoms with E-state index in [-0.39, 0.29) is 0 Å². The van der Waals surface area contributed by atoms with Crippen LogP contribution in [0.1, 0.15) is 244 Å². The van der Waals surface area contributed by atoms with Crippen molar-refractivity contribution in [1.29, 1.82) is 0 Å². The fourth-order valence-electron chi connectivity index (χ4n) is 7.48. The molecular weight excluding hydrogens is 633 g/mol. The van der Waals surface area contributed by atoms with Crippen LogP contribution in [0.4, 0.5) is 0 Å². The van der Waals surface area contributed by atoms with Crippen molar-refractivity contribution in [3.8, 4) is 30.1 Å². The molecule has 2 heteroatoms. The first-order chi connectivity index (χ1) is 25.7. The predicted molar refractivity (Wildman–Crippen MR) is 230 cm³/mol. The largest absolute Gasteiger partial charge is 0.492 e. The van der Waals surface area contributed by atoms with Crippen LogP contribution in [-0.2, 0) is 4.74 Å². The molecular formula is C50H86O2. The van der Waals surface area contributed by atoms with E-state index in [0.717, 1.165) is 30.1 Å². The van der Waals surface area contributed by atoms with Crippen LogP contribution >= 0.6 is 0 Å². The third kappa shape index (κ3) is 28.4. The summed E-state index contributed by atoms with van der Waals surface area (Å²) in [5.41, 5.74) is 1.74. The highest BCUT2D eigenvalue weighted by atomic mass is 16.5. The maximum atomic E-state index is 6.58. The fraction of sp³-hybridized carbons (Fsp3) is 0.800. The molecule has 52 heavy (non-hydrogen) atoms. The van der Waals surface area contributed by atoms with Gasteiger partial charge in [0, 0.05) is 5.56 Å². The Hall–Kier alpha value is -2.06. The molecule has 0 amide bonds. The number of hydrogen-bond acceptors (Lipinski definition) is 2. The Kier molecular flexibility index (Phi) is 34.4. The third-order valence-electron chi connectivity index (χ3n) is 11.1. The molecule has 0 bridgehead atoms. The van der Waals surface area contributed by atoms with Crippen molar-refractivity contribution in [3.05, 3.63) is 29.3 Å². The Morgan fingerprint density at radius 1 is 0.481 bits per heavy atom. The summed E-state index contributed by atoms with van der Waals surface area (Å²) in [5, 5.41) is 0. The average Bonchev–Trinajstić information content (AvgIpc) is 3.16. The molecule has 0 saturated heterocycles. The second-order valence-corrected chi connectivity index (χ2v) is 16.1. The van der Waals surface area contributed by atoms with Crippen LogP contribution in [-0.4, -0.2) is 13.2 Å². The van der Waals surface area contributed by atoms with Crippen LogP contribution in [0.5, 0.6) is 5.75 Å². The average molecular weight is 719 g/mol. The Morgan fingerprint density at radius 2 is 0.846 bits per heavy atom. The molecule has 0 radical (unpaired) electrons. The summed E-state index contributed by atoms with van der Waals surface area (Å²) in [6.45, 7) is 10.7. The molecule has 1 aromatic rings. The Labute approximate surface area is 326 Å². The van der Waals surface area contributed by atoms with Gasteiger partial charge < -0.3 is 9.47 Å². The van der Waals surface area contributed by atoms with E-state index in [1.165, 1.54) is 205 Å². The van der Waals surface area contributed by atoms with Gasteiger partial charge in [0.25, 0.3) is 0 Å². The fourth-order valence-corrected chi connectivity index (χ4v) is 7.48. The summed E-state index contributed by atoms with van der Waals surface area (Å²) in [4.78, 5) is 0. The van der Waals surface area contributed by atoms with Gasteiger partial charge in [-0.2, -0.15) is 0 Å². The molecule has 0 aliphatic carbocycles. The van der Waals surface area contributed by atoms with E-state index in [4.69, 9.17) is 15.9 Å². The summed E-state index contributed by atoms with van der Waals surface area (Å²) in [5.74, 6) is 8.12. The lowest BCUT2D eigenvalue weighted by atomic mass is 9.94. The van der Waals surface area contributed by atoms with Crippen molar-refractivity contribution >= 4 is 0 Å². The van der Waals surface area contributed by atoms with Gasteiger partial charge in [-0.1, -0.05) is 213 Å². The zero-order valence-electron chi connectivity index (χ0n) is 35.3. The van der Waals surface area contributed by atoms with Gasteiger partial charge in [0.15, 0.2) is 0 Å². The van der Waals surface area contributed by atoms with Gasteiger partial charge in [-0.3, -0.25) is 0 Å². The van der Waals surface area contributed by atoms with Crippen molar-refractivity contribution in [2.24, 2.45) is 11.8 Å². The minimum Gasteiger partial charge on any atom is -0.492 e. The van der Waals surface area contributed by atoms with Crippen LogP contribution in [0.15, 0.2) is 18.2 Å². The summed E-state index contributed by atoms with van der Waals surface area (Å²) in [7, 11) is 0. The molecule has 0 N–H and O–H groups in total. The summed E-state index contributed by atoms with van der Waals surface area (Å²) >= 11 is 0. The lowest BCUT2D eigenvalue weighted by Gasteiger charge is -2.19. The monoisotopic (exact) mass is 719 g/mol. The Balaban J connectivity index is 2.76. The van der Waals surface area contributed by atoms with E-state index >= 15 is 0 Å². The first-order valence-corrected chi connectivity index (χ1v) is 23.0. The molecule has 2 atom stereocenters. The molecule has 1 aromatic carbocycles. The quantitative estimate of drug-likeness (QED) is 0.0504.